The summed E-state index contributed by atoms with van der Waals surface area (Å²) in [4.78, 5) is 27.2. The van der Waals surface area contributed by atoms with Crippen molar-refractivity contribution in [3.63, 3.8) is 0 Å². The zero-order valence-electron chi connectivity index (χ0n) is 16.2. The average molecular weight is 412 g/mol. The second-order valence-electron chi connectivity index (χ2n) is 7.26. The smallest absolute Gasteiger partial charge is 0.260 e. The van der Waals surface area contributed by atoms with E-state index >= 15 is 0 Å². The van der Waals surface area contributed by atoms with Gasteiger partial charge < -0.3 is 14.1 Å². The summed E-state index contributed by atoms with van der Waals surface area (Å²) in [6.07, 6.45) is 3.26. The molecule has 6 heteroatoms. The standard InChI is InChI=1S/C23H22ClNO4/c1-15-22(16-5-7-17(24)8-6-16)23(27)19-10-9-18(13-20(19)29-15)28-14-21(26)25-11-3-2-4-12-25/h5-10,13H,2-4,11-12,14H2,1H3. The molecule has 0 atom stereocenters. The largest absolute Gasteiger partial charge is 0.484 e. The Balaban J connectivity index is 1.58. The molecule has 0 saturated carbocycles. The van der Waals surface area contributed by atoms with Gasteiger partial charge >= 0.3 is 0 Å². The maximum Gasteiger partial charge on any atom is 0.260 e. The predicted octanol–water partition coefficient (Wildman–Crippen LogP) is 4.81. The van der Waals surface area contributed by atoms with Crippen LogP contribution in [0.5, 0.6) is 5.75 Å². The number of benzene rings is 2. The number of fused-ring (bicyclic) bond motifs is 1. The fourth-order valence-electron chi connectivity index (χ4n) is 3.71. The summed E-state index contributed by atoms with van der Waals surface area (Å²) in [6.45, 7) is 3.33. The minimum atomic E-state index is -0.109. The molecule has 0 spiro atoms. The molecule has 5 nitrogen and oxygen atoms in total. The van der Waals surface area contributed by atoms with Crippen LogP contribution in [0.3, 0.4) is 0 Å². The van der Waals surface area contributed by atoms with Gasteiger partial charge in [-0.15, -0.1) is 0 Å². The molecule has 0 radical (unpaired) electrons. The molecule has 0 aliphatic carbocycles. The van der Waals surface area contributed by atoms with Crippen molar-refractivity contribution in [2.45, 2.75) is 26.2 Å². The number of rotatable bonds is 4. The van der Waals surface area contributed by atoms with Gasteiger partial charge in [-0.1, -0.05) is 23.7 Å². The van der Waals surface area contributed by atoms with E-state index in [1.165, 1.54) is 6.42 Å². The Labute approximate surface area is 173 Å². The zero-order chi connectivity index (χ0) is 20.4. The molecule has 2 aromatic carbocycles. The predicted molar refractivity (Wildman–Crippen MR) is 114 cm³/mol. The third-order valence-corrected chi connectivity index (χ3v) is 5.50. The topological polar surface area (TPSA) is 59.8 Å². The Morgan fingerprint density at radius 3 is 2.55 bits per heavy atom. The number of carbonyl (C=O) groups excluding carboxylic acids is 1. The third kappa shape index (κ3) is 4.15. The van der Waals surface area contributed by atoms with E-state index in [2.05, 4.69) is 0 Å². The van der Waals surface area contributed by atoms with Crippen LogP contribution in [0.15, 0.2) is 51.7 Å². The molecule has 1 saturated heterocycles. The van der Waals surface area contributed by atoms with Crippen LogP contribution in [0.1, 0.15) is 25.0 Å². The lowest BCUT2D eigenvalue weighted by molar-refractivity contribution is -0.134. The maximum atomic E-state index is 13.0. The lowest BCUT2D eigenvalue weighted by Gasteiger charge is -2.26. The second-order valence-corrected chi connectivity index (χ2v) is 7.69. The highest BCUT2D eigenvalue weighted by molar-refractivity contribution is 6.30. The molecule has 29 heavy (non-hydrogen) atoms. The van der Waals surface area contributed by atoms with E-state index in [-0.39, 0.29) is 17.9 Å². The first kappa shape index (κ1) is 19.5. The molecule has 3 aromatic rings. The molecule has 1 aromatic heterocycles. The molecule has 150 valence electrons. The van der Waals surface area contributed by atoms with Gasteiger partial charge in [-0.05, 0) is 56.0 Å². The van der Waals surface area contributed by atoms with Gasteiger partial charge in [0.2, 0.25) is 5.43 Å². The fourth-order valence-corrected chi connectivity index (χ4v) is 3.83. The normalized spacial score (nSPS) is 14.2. The van der Waals surface area contributed by atoms with Gasteiger partial charge in [0.1, 0.15) is 17.1 Å². The number of halogens is 1. The van der Waals surface area contributed by atoms with Gasteiger partial charge in [0.05, 0.1) is 10.9 Å². The monoisotopic (exact) mass is 411 g/mol. The van der Waals surface area contributed by atoms with Crippen LogP contribution in [0.4, 0.5) is 0 Å². The number of aryl methyl sites for hydroxylation is 1. The highest BCUT2D eigenvalue weighted by Gasteiger charge is 2.18. The van der Waals surface area contributed by atoms with Crippen LogP contribution >= 0.6 is 11.6 Å². The van der Waals surface area contributed by atoms with Crippen LogP contribution in [-0.4, -0.2) is 30.5 Å². The molecule has 1 amide bonds. The fraction of sp³-hybridized carbons (Fsp3) is 0.304. The van der Waals surface area contributed by atoms with Crippen LogP contribution in [0.2, 0.25) is 5.02 Å². The number of carbonyl (C=O) groups is 1. The quantitative estimate of drug-likeness (QED) is 0.618. The molecule has 1 aliphatic rings. The molecule has 0 unspecified atom stereocenters. The summed E-state index contributed by atoms with van der Waals surface area (Å²) in [5.74, 6) is 1.01. The number of piperidine rings is 1. The number of hydrogen-bond acceptors (Lipinski definition) is 4. The van der Waals surface area contributed by atoms with Crippen molar-refractivity contribution < 1.29 is 13.9 Å². The number of nitrogens with zero attached hydrogens (tertiary/aromatic N) is 1. The van der Waals surface area contributed by atoms with Crippen LogP contribution in [-0.2, 0) is 4.79 Å². The molecular weight excluding hydrogens is 390 g/mol. The number of ether oxygens (including phenoxy) is 1. The number of hydrogen-bond donors (Lipinski definition) is 0. The van der Waals surface area contributed by atoms with Gasteiger partial charge in [-0.3, -0.25) is 9.59 Å². The van der Waals surface area contributed by atoms with Crippen molar-refractivity contribution in [3.05, 3.63) is 63.5 Å². The number of likely N-dealkylation sites (tertiary alicyclic amines) is 1. The Hall–Kier alpha value is -2.79. The van der Waals surface area contributed by atoms with E-state index in [1.807, 2.05) is 4.90 Å². The van der Waals surface area contributed by atoms with Gasteiger partial charge in [0.15, 0.2) is 6.61 Å². The highest BCUT2D eigenvalue weighted by atomic mass is 35.5. The van der Waals surface area contributed by atoms with Crippen molar-refractivity contribution in [2.75, 3.05) is 19.7 Å². The maximum absolute atomic E-state index is 13.0. The molecule has 0 N–H and O–H groups in total. The minimum absolute atomic E-state index is 0.0134. The van der Waals surface area contributed by atoms with Crippen molar-refractivity contribution in [2.24, 2.45) is 0 Å². The Kier molecular flexibility index (Phi) is 5.58. The summed E-state index contributed by atoms with van der Waals surface area (Å²) >= 11 is 5.95. The van der Waals surface area contributed by atoms with Crippen LogP contribution in [0, 0.1) is 6.92 Å². The van der Waals surface area contributed by atoms with Gasteiger partial charge in [-0.25, -0.2) is 0 Å². The summed E-state index contributed by atoms with van der Waals surface area (Å²) in [7, 11) is 0. The summed E-state index contributed by atoms with van der Waals surface area (Å²) in [5.41, 5.74) is 1.60. The van der Waals surface area contributed by atoms with E-state index in [0.29, 0.717) is 33.1 Å². The van der Waals surface area contributed by atoms with E-state index in [9.17, 15) is 9.59 Å². The lowest BCUT2D eigenvalue weighted by atomic mass is 10.0. The first-order chi connectivity index (χ1) is 14.0. The van der Waals surface area contributed by atoms with Crippen molar-refractivity contribution in [1.29, 1.82) is 0 Å². The minimum Gasteiger partial charge on any atom is -0.484 e. The third-order valence-electron chi connectivity index (χ3n) is 5.24. The molecular formula is C23H22ClNO4. The molecule has 1 fully saturated rings. The lowest BCUT2D eigenvalue weighted by Crippen LogP contribution is -2.38. The highest BCUT2D eigenvalue weighted by Crippen LogP contribution is 2.27. The van der Waals surface area contributed by atoms with Gasteiger partial charge in [0, 0.05) is 24.2 Å². The second kappa shape index (κ2) is 8.29. The molecule has 2 heterocycles. The number of amides is 1. The Morgan fingerprint density at radius 1 is 1.10 bits per heavy atom. The summed E-state index contributed by atoms with van der Waals surface area (Å²) in [6, 6.07) is 12.1. The van der Waals surface area contributed by atoms with Crippen molar-refractivity contribution >= 4 is 28.5 Å². The van der Waals surface area contributed by atoms with Gasteiger partial charge in [-0.2, -0.15) is 0 Å². The van der Waals surface area contributed by atoms with E-state index in [1.54, 1.807) is 49.4 Å². The first-order valence-corrected chi connectivity index (χ1v) is 10.1. The van der Waals surface area contributed by atoms with E-state index in [4.69, 9.17) is 20.8 Å². The Morgan fingerprint density at radius 2 is 1.83 bits per heavy atom. The SMILES string of the molecule is Cc1oc2cc(OCC(=O)N3CCCCC3)ccc2c(=O)c1-c1ccc(Cl)cc1. The average Bonchev–Trinajstić information content (AvgIpc) is 2.73. The Bertz CT molecular complexity index is 1100. The molecule has 4 rings (SSSR count). The zero-order valence-corrected chi connectivity index (χ0v) is 17.0. The summed E-state index contributed by atoms with van der Waals surface area (Å²) < 4.78 is 11.6. The van der Waals surface area contributed by atoms with E-state index < -0.39 is 0 Å². The van der Waals surface area contributed by atoms with Crippen LogP contribution in [0.25, 0.3) is 22.1 Å². The molecule has 0 bridgehead atoms. The van der Waals surface area contributed by atoms with Crippen molar-refractivity contribution in [1.82, 2.24) is 4.90 Å². The summed E-state index contributed by atoms with van der Waals surface area (Å²) in [5, 5.41) is 1.08. The van der Waals surface area contributed by atoms with Crippen molar-refractivity contribution in [3.8, 4) is 16.9 Å². The molecule has 1 aliphatic heterocycles. The first-order valence-electron chi connectivity index (χ1n) is 9.77. The van der Waals surface area contributed by atoms with Gasteiger partial charge in [0.25, 0.3) is 5.91 Å². The van der Waals surface area contributed by atoms with Crippen LogP contribution < -0.4 is 10.2 Å². The van der Waals surface area contributed by atoms with E-state index in [0.717, 1.165) is 31.5 Å².